The monoisotopic (exact) mass is 441 g/mol. The molecule has 6 rings (SSSR count). The van der Waals surface area contributed by atoms with E-state index in [9.17, 15) is 19.2 Å². The Kier molecular flexibility index (Phi) is 4.81. The summed E-state index contributed by atoms with van der Waals surface area (Å²) in [6.07, 6.45) is 6.21. The number of hydrogen-bond acceptors (Lipinski definition) is 8. The van der Waals surface area contributed by atoms with E-state index in [2.05, 4.69) is 30.2 Å². The van der Waals surface area contributed by atoms with Crippen LogP contribution >= 0.6 is 0 Å². The van der Waals surface area contributed by atoms with E-state index < -0.39 is 17.3 Å². The van der Waals surface area contributed by atoms with E-state index in [4.69, 9.17) is 4.74 Å². The minimum Gasteiger partial charge on any atom is -0.439 e. The zero-order chi connectivity index (χ0) is 22.3. The Labute approximate surface area is 180 Å². The predicted octanol–water partition coefficient (Wildman–Crippen LogP) is -0.565. The molecule has 3 aromatic rings. The molecule has 13 nitrogen and oxygen atoms in total. The van der Waals surface area contributed by atoms with Crippen LogP contribution in [0, 0.1) is 5.92 Å². The summed E-state index contributed by atoms with van der Waals surface area (Å²) in [5.41, 5.74) is -1.49. The maximum atomic E-state index is 12.8. The van der Waals surface area contributed by atoms with Crippen molar-refractivity contribution in [2.75, 3.05) is 31.5 Å². The number of aromatic amines is 2. The smallest absolute Gasteiger partial charge is 0.421 e. The Morgan fingerprint density at radius 2 is 2.00 bits per heavy atom. The van der Waals surface area contributed by atoms with Crippen LogP contribution in [0.25, 0.3) is 11.2 Å². The lowest BCUT2D eigenvalue weighted by molar-refractivity contribution is -0.938. The summed E-state index contributed by atoms with van der Waals surface area (Å²) in [6.45, 7) is 2.40. The van der Waals surface area contributed by atoms with Crippen LogP contribution in [-0.2, 0) is 9.53 Å². The van der Waals surface area contributed by atoms with E-state index in [-0.39, 0.29) is 35.6 Å². The molecule has 166 valence electrons. The topological polar surface area (TPSA) is 165 Å². The molecule has 0 aliphatic carbocycles. The van der Waals surface area contributed by atoms with Crippen LogP contribution in [-0.4, -0.2) is 78.3 Å². The lowest BCUT2D eigenvalue weighted by atomic mass is 9.83. The first kappa shape index (κ1) is 20.1. The number of aromatic nitrogens is 6. The maximum absolute atomic E-state index is 12.8. The first-order chi connectivity index (χ1) is 15.4. The summed E-state index contributed by atoms with van der Waals surface area (Å²) in [5.74, 6) is 0.411. The van der Waals surface area contributed by atoms with Crippen molar-refractivity contribution in [1.82, 2.24) is 29.5 Å². The van der Waals surface area contributed by atoms with Crippen LogP contribution in [0.1, 0.15) is 12.8 Å². The van der Waals surface area contributed by atoms with Crippen molar-refractivity contribution in [1.29, 1.82) is 0 Å². The number of hydrogen-bond donors (Lipinski definition) is 3. The molecule has 3 aliphatic rings. The van der Waals surface area contributed by atoms with Crippen molar-refractivity contribution in [3.8, 4) is 0 Å². The van der Waals surface area contributed by atoms with Gasteiger partial charge in [0.15, 0.2) is 29.6 Å². The van der Waals surface area contributed by atoms with Gasteiger partial charge in [-0.1, -0.05) is 0 Å². The van der Waals surface area contributed by atoms with Crippen molar-refractivity contribution in [2.24, 2.45) is 5.92 Å². The molecule has 3 aliphatic heterocycles. The molecule has 0 aromatic carbocycles. The second-order valence-electron chi connectivity index (χ2n) is 8.25. The number of carbonyl (C=O) groups excluding carboxylic acids is 2. The van der Waals surface area contributed by atoms with Crippen molar-refractivity contribution in [3.63, 3.8) is 0 Å². The molecule has 3 saturated heterocycles. The Morgan fingerprint density at radius 1 is 1.19 bits per heavy atom. The second kappa shape index (κ2) is 7.67. The summed E-state index contributed by atoms with van der Waals surface area (Å²) >= 11 is 0. The van der Waals surface area contributed by atoms with Crippen LogP contribution in [0.4, 0.5) is 10.6 Å². The number of amides is 1. The van der Waals surface area contributed by atoms with Gasteiger partial charge in [-0.15, -0.1) is 0 Å². The molecule has 3 fully saturated rings. The molecule has 3 aromatic heterocycles. The van der Waals surface area contributed by atoms with E-state index in [0.717, 1.165) is 36.8 Å². The Morgan fingerprint density at radius 3 is 2.75 bits per heavy atom. The molecule has 13 heteroatoms. The molecule has 3 N–H and O–H groups in total. The minimum atomic E-state index is -0.737. The molecule has 2 bridgehead atoms. The number of piperidine rings is 3. The van der Waals surface area contributed by atoms with Gasteiger partial charge in [-0.3, -0.25) is 24.5 Å². The minimum absolute atomic E-state index is 0.0164. The number of quaternary nitrogens is 1. The second-order valence-corrected chi connectivity index (χ2v) is 8.25. The molecule has 0 spiro atoms. The van der Waals surface area contributed by atoms with Crippen LogP contribution < -0.4 is 16.6 Å². The fourth-order valence-electron chi connectivity index (χ4n) is 4.69. The average Bonchev–Trinajstić information content (AvgIpc) is 3.19. The molecule has 0 saturated carbocycles. The standard InChI is InChI=1S/C19H20N8O5/c28-14(23-13-7-20-3-4-21-13)9-27-5-1-11(2-6-27)12(8-27)32-19(31)26-10-22-15-16(26)24-18(30)25-17(15)29/h3-4,7,10-12H,1-2,5-6,8-9H2,(H2-,21,23,24,25,28,29,30)/p+1/t11?,12-,27?/m0/s1. The number of H-pyrrole nitrogens is 2. The number of anilines is 1. The first-order valence-corrected chi connectivity index (χ1v) is 10.2. The number of carbonyl (C=O) groups is 2. The molecule has 1 atom stereocenters. The van der Waals surface area contributed by atoms with Gasteiger partial charge >= 0.3 is 11.8 Å². The van der Waals surface area contributed by atoms with E-state index in [1.807, 2.05) is 0 Å². The number of rotatable bonds is 4. The van der Waals surface area contributed by atoms with Gasteiger partial charge in [0, 0.05) is 31.2 Å². The van der Waals surface area contributed by atoms with Crippen molar-refractivity contribution in [3.05, 3.63) is 45.8 Å². The largest absolute Gasteiger partial charge is 0.439 e. The van der Waals surface area contributed by atoms with E-state index >= 15 is 0 Å². The maximum Gasteiger partial charge on any atom is 0.421 e. The van der Waals surface area contributed by atoms with E-state index in [1.165, 1.54) is 18.6 Å². The third-order valence-corrected chi connectivity index (χ3v) is 6.24. The Hall–Kier alpha value is -3.87. The van der Waals surface area contributed by atoms with Gasteiger partial charge in [0.05, 0.1) is 19.3 Å². The number of imidazole rings is 1. The highest BCUT2D eigenvalue weighted by atomic mass is 16.6. The summed E-state index contributed by atoms with van der Waals surface area (Å²) < 4.78 is 7.30. The summed E-state index contributed by atoms with van der Waals surface area (Å²) in [6, 6.07) is 0. The van der Waals surface area contributed by atoms with Gasteiger partial charge < -0.3 is 14.5 Å². The Bertz CT molecular complexity index is 1290. The van der Waals surface area contributed by atoms with Gasteiger partial charge in [0.1, 0.15) is 12.9 Å². The highest BCUT2D eigenvalue weighted by Gasteiger charge is 2.48. The molecule has 32 heavy (non-hydrogen) atoms. The van der Waals surface area contributed by atoms with E-state index in [1.54, 1.807) is 0 Å². The summed E-state index contributed by atoms with van der Waals surface area (Å²) in [7, 11) is 0. The Balaban J connectivity index is 1.30. The fraction of sp³-hybridized carbons (Fsp3) is 0.421. The fourth-order valence-corrected chi connectivity index (χ4v) is 4.69. The first-order valence-electron chi connectivity index (χ1n) is 10.2. The number of fused-ring (bicyclic) bond motifs is 4. The van der Waals surface area contributed by atoms with Crippen LogP contribution in [0.3, 0.4) is 0 Å². The summed E-state index contributed by atoms with van der Waals surface area (Å²) in [4.78, 5) is 65.2. The lowest BCUT2D eigenvalue weighted by Crippen LogP contribution is -2.66. The number of nitrogens with zero attached hydrogens (tertiary/aromatic N) is 5. The normalized spacial score (nSPS) is 24.4. The van der Waals surface area contributed by atoms with Crippen molar-refractivity contribution in [2.45, 2.75) is 18.9 Å². The third-order valence-electron chi connectivity index (χ3n) is 6.24. The lowest BCUT2D eigenvalue weighted by Gasteiger charge is -2.51. The molecule has 0 unspecified atom stereocenters. The molecule has 0 radical (unpaired) electrons. The predicted molar refractivity (Wildman–Crippen MR) is 110 cm³/mol. The highest BCUT2D eigenvalue weighted by molar-refractivity contribution is 5.90. The van der Waals surface area contributed by atoms with Gasteiger partial charge in [-0.05, 0) is 0 Å². The molecule has 1 amide bonds. The van der Waals surface area contributed by atoms with Crippen molar-refractivity contribution >= 4 is 29.0 Å². The molecular weight excluding hydrogens is 420 g/mol. The number of ether oxygens (including phenoxy) is 1. The molecule has 6 heterocycles. The van der Waals surface area contributed by atoms with Crippen LogP contribution in [0.2, 0.25) is 0 Å². The van der Waals surface area contributed by atoms with E-state index in [0.29, 0.717) is 16.8 Å². The highest BCUT2D eigenvalue weighted by Crippen LogP contribution is 2.35. The van der Waals surface area contributed by atoms with Gasteiger partial charge in [-0.25, -0.2) is 24.1 Å². The zero-order valence-electron chi connectivity index (χ0n) is 17.0. The van der Waals surface area contributed by atoms with Crippen LogP contribution in [0.5, 0.6) is 0 Å². The summed E-state index contributed by atoms with van der Waals surface area (Å²) in [5, 5.41) is 2.76. The third kappa shape index (κ3) is 3.66. The van der Waals surface area contributed by atoms with Crippen molar-refractivity contribution < 1.29 is 18.8 Å². The van der Waals surface area contributed by atoms with Gasteiger partial charge in [0.25, 0.3) is 11.5 Å². The van der Waals surface area contributed by atoms with Gasteiger partial charge in [-0.2, -0.15) is 0 Å². The van der Waals surface area contributed by atoms with Gasteiger partial charge in [0.2, 0.25) is 0 Å². The van der Waals surface area contributed by atoms with Crippen LogP contribution in [0.15, 0.2) is 34.5 Å². The zero-order valence-corrected chi connectivity index (χ0v) is 17.0. The SMILES string of the molecule is O=C(C[N+]12CCC(CC1)[C@@H](OC(=O)n1cnc3c(=O)[nH]c(=O)[nH]c31)C2)Nc1cnccn1. The average molecular weight is 441 g/mol. The number of nitrogens with one attached hydrogen (secondary N) is 3. The molecular formula is C19H21N8O5+. The quantitative estimate of drug-likeness (QED) is 0.453.